The highest BCUT2D eigenvalue weighted by molar-refractivity contribution is 6.24. The molecule has 0 saturated carbocycles. The Balaban J connectivity index is 1.96. The Morgan fingerprint density at radius 3 is 2.40 bits per heavy atom. The second-order valence-electron chi connectivity index (χ2n) is 4.87. The summed E-state index contributed by atoms with van der Waals surface area (Å²) >= 11 is 0. The van der Waals surface area contributed by atoms with Gasteiger partial charge in [0.05, 0.1) is 6.04 Å². The molecule has 2 atom stereocenters. The standard InChI is InChI=1S/C14H14N4O2/c1-9-10(2)18(11-5-3-4-8-15-11)16-14(9)17-12(19)6-7-13(17)20/h3-10H,1-2H3. The summed E-state index contributed by atoms with van der Waals surface area (Å²) in [6, 6.07) is 5.58. The molecule has 0 bridgehead atoms. The van der Waals surface area contributed by atoms with Crippen LogP contribution in [0.5, 0.6) is 0 Å². The van der Waals surface area contributed by atoms with E-state index in [2.05, 4.69) is 10.1 Å². The van der Waals surface area contributed by atoms with Crippen molar-refractivity contribution >= 4 is 23.5 Å². The molecule has 1 aromatic heterocycles. The Labute approximate surface area is 116 Å². The Morgan fingerprint density at radius 2 is 1.80 bits per heavy atom. The number of aromatic nitrogens is 1. The summed E-state index contributed by atoms with van der Waals surface area (Å²) < 4.78 is 0. The number of rotatable bonds is 1. The van der Waals surface area contributed by atoms with Crippen molar-refractivity contribution < 1.29 is 9.59 Å². The number of amidine groups is 1. The number of hydrogen-bond donors (Lipinski definition) is 0. The lowest BCUT2D eigenvalue weighted by molar-refractivity contribution is -0.132. The first-order valence-corrected chi connectivity index (χ1v) is 6.44. The molecule has 20 heavy (non-hydrogen) atoms. The van der Waals surface area contributed by atoms with Gasteiger partial charge in [-0.3, -0.25) is 9.59 Å². The van der Waals surface area contributed by atoms with Gasteiger partial charge in [-0.2, -0.15) is 5.10 Å². The summed E-state index contributed by atoms with van der Waals surface area (Å²) in [6.07, 6.45) is 4.23. The minimum atomic E-state index is -0.337. The third-order valence-electron chi connectivity index (χ3n) is 3.65. The maximum Gasteiger partial charge on any atom is 0.259 e. The van der Waals surface area contributed by atoms with Gasteiger partial charge in [0, 0.05) is 24.3 Å². The van der Waals surface area contributed by atoms with Crippen LogP contribution in [0, 0.1) is 5.92 Å². The second-order valence-corrected chi connectivity index (χ2v) is 4.87. The molecule has 0 aliphatic carbocycles. The van der Waals surface area contributed by atoms with Gasteiger partial charge in [-0.15, -0.1) is 0 Å². The molecular weight excluding hydrogens is 256 g/mol. The Kier molecular flexibility index (Phi) is 2.85. The van der Waals surface area contributed by atoms with Crippen molar-refractivity contribution in [2.24, 2.45) is 11.0 Å². The smallest absolute Gasteiger partial charge is 0.259 e. The number of anilines is 1. The Hall–Kier alpha value is -2.50. The van der Waals surface area contributed by atoms with Gasteiger partial charge < -0.3 is 0 Å². The quantitative estimate of drug-likeness (QED) is 0.718. The van der Waals surface area contributed by atoms with Crippen molar-refractivity contribution in [1.82, 2.24) is 9.88 Å². The van der Waals surface area contributed by atoms with Crippen LogP contribution in [0.4, 0.5) is 5.82 Å². The zero-order chi connectivity index (χ0) is 14.3. The molecule has 0 radical (unpaired) electrons. The van der Waals surface area contributed by atoms with Crippen LogP contribution in [0.15, 0.2) is 41.6 Å². The van der Waals surface area contributed by atoms with Crippen molar-refractivity contribution in [1.29, 1.82) is 0 Å². The van der Waals surface area contributed by atoms with Gasteiger partial charge in [-0.1, -0.05) is 13.0 Å². The van der Waals surface area contributed by atoms with Gasteiger partial charge >= 0.3 is 0 Å². The van der Waals surface area contributed by atoms with Gasteiger partial charge in [0.2, 0.25) is 0 Å². The number of carbonyl (C=O) groups excluding carboxylic acids is 2. The first-order valence-electron chi connectivity index (χ1n) is 6.44. The van der Waals surface area contributed by atoms with E-state index >= 15 is 0 Å². The highest BCUT2D eigenvalue weighted by atomic mass is 16.2. The molecule has 2 unspecified atom stereocenters. The maximum absolute atomic E-state index is 11.8. The molecule has 2 amide bonds. The lowest BCUT2D eigenvalue weighted by atomic mass is 10.0. The average molecular weight is 270 g/mol. The molecule has 0 aromatic carbocycles. The summed E-state index contributed by atoms with van der Waals surface area (Å²) in [4.78, 5) is 28.9. The van der Waals surface area contributed by atoms with E-state index in [-0.39, 0.29) is 23.8 Å². The predicted molar refractivity (Wildman–Crippen MR) is 73.8 cm³/mol. The number of pyridine rings is 1. The highest BCUT2D eigenvalue weighted by Gasteiger charge is 2.40. The third-order valence-corrected chi connectivity index (χ3v) is 3.65. The number of carbonyl (C=O) groups is 2. The van der Waals surface area contributed by atoms with Crippen LogP contribution in [0.2, 0.25) is 0 Å². The van der Waals surface area contributed by atoms with Crippen LogP contribution in [-0.4, -0.2) is 33.6 Å². The van der Waals surface area contributed by atoms with E-state index in [9.17, 15) is 9.59 Å². The molecule has 0 spiro atoms. The Bertz CT molecular complexity index is 605. The topological polar surface area (TPSA) is 65.9 Å². The van der Waals surface area contributed by atoms with E-state index in [4.69, 9.17) is 0 Å². The summed E-state index contributed by atoms with van der Waals surface area (Å²) in [5.41, 5.74) is 0. The molecule has 102 valence electrons. The van der Waals surface area contributed by atoms with Crippen molar-refractivity contribution in [3.8, 4) is 0 Å². The third kappa shape index (κ3) is 1.80. The summed E-state index contributed by atoms with van der Waals surface area (Å²) in [5.74, 6) is 0.466. The van der Waals surface area contributed by atoms with Crippen LogP contribution in [0.25, 0.3) is 0 Å². The van der Waals surface area contributed by atoms with Crippen LogP contribution >= 0.6 is 0 Å². The van der Waals surface area contributed by atoms with E-state index in [0.717, 1.165) is 4.90 Å². The summed E-state index contributed by atoms with van der Waals surface area (Å²) in [5, 5.41) is 6.18. The maximum atomic E-state index is 11.8. The van der Waals surface area contributed by atoms with Gasteiger partial charge in [-0.25, -0.2) is 14.9 Å². The van der Waals surface area contributed by atoms with Gasteiger partial charge in [0.1, 0.15) is 11.7 Å². The fraction of sp³-hybridized carbons (Fsp3) is 0.286. The normalized spacial score (nSPS) is 25.6. The molecule has 0 saturated heterocycles. The van der Waals surface area contributed by atoms with E-state index in [1.807, 2.05) is 32.0 Å². The average Bonchev–Trinajstić information content (AvgIpc) is 2.93. The SMILES string of the molecule is CC1C(N2C(=O)C=CC2=O)=NN(c2ccccn2)C1C. The van der Waals surface area contributed by atoms with E-state index < -0.39 is 0 Å². The first-order chi connectivity index (χ1) is 9.59. The first kappa shape index (κ1) is 12.5. The van der Waals surface area contributed by atoms with Gasteiger partial charge in [0.15, 0.2) is 0 Å². The molecule has 0 fully saturated rings. The van der Waals surface area contributed by atoms with Crippen LogP contribution < -0.4 is 5.01 Å². The number of hydrazone groups is 1. The second kappa shape index (κ2) is 4.56. The lowest BCUT2D eigenvalue weighted by Gasteiger charge is -2.21. The molecular formula is C14H14N4O2. The molecule has 0 N–H and O–H groups in total. The lowest BCUT2D eigenvalue weighted by Crippen LogP contribution is -2.40. The van der Waals surface area contributed by atoms with Gasteiger partial charge in [-0.05, 0) is 19.1 Å². The molecule has 3 heterocycles. The van der Waals surface area contributed by atoms with Crippen LogP contribution in [-0.2, 0) is 9.59 Å². The number of hydrogen-bond acceptors (Lipinski definition) is 5. The van der Waals surface area contributed by atoms with Crippen molar-refractivity contribution in [2.45, 2.75) is 19.9 Å². The zero-order valence-electron chi connectivity index (χ0n) is 11.2. The number of amides is 2. The molecule has 2 aliphatic rings. The molecule has 1 aromatic rings. The van der Waals surface area contributed by atoms with Crippen molar-refractivity contribution in [3.63, 3.8) is 0 Å². The zero-order valence-corrected chi connectivity index (χ0v) is 11.2. The van der Waals surface area contributed by atoms with Gasteiger partial charge in [0.25, 0.3) is 11.8 Å². The number of imide groups is 1. The molecule has 2 aliphatic heterocycles. The largest absolute Gasteiger partial charge is 0.269 e. The van der Waals surface area contributed by atoms with Crippen molar-refractivity contribution in [3.05, 3.63) is 36.5 Å². The monoisotopic (exact) mass is 270 g/mol. The van der Waals surface area contributed by atoms with E-state index in [1.165, 1.54) is 12.2 Å². The van der Waals surface area contributed by atoms with E-state index in [0.29, 0.717) is 11.7 Å². The Morgan fingerprint density at radius 1 is 1.10 bits per heavy atom. The predicted octanol–water partition coefficient (Wildman–Crippen LogP) is 1.16. The number of nitrogens with zero attached hydrogens (tertiary/aromatic N) is 4. The molecule has 6 nitrogen and oxygen atoms in total. The van der Waals surface area contributed by atoms with Crippen molar-refractivity contribution in [2.75, 3.05) is 5.01 Å². The van der Waals surface area contributed by atoms with Crippen LogP contribution in [0.3, 0.4) is 0 Å². The highest BCUT2D eigenvalue weighted by Crippen LogP contribution is 2.28. The van der Waals surface area contributed by atoms with Crippen LogP contribution in [0.1, 0.15) is 13.8 Å². The minimum absolute atomic E-state index is 0.0288. The fourth-order valence-corrected chi connectivity index (χ4v) is 2.34. The molecule has 6 heteroatoms. The summed E-state index contributed by atoms with van der Waals surface area (Å²) in [6.45, 7) is 3.94. The minimum Gasteiger partial charge on any atom is -0.269 e. The summed E-state index contributed by atoms with van der Waals surface area (Å²) in [7, 11) is 0. The van der Waals surface area contributed by atoms with E-state index in [1.54, 1.807) is 11.2 Å². The molecule has 3 rings (SSSR count). The fourth-order valence-electron chi connectivity index (χ4n) is 2.34.